The van der Waals surface area contributed by atoms with Gasteiger partial charge in [-0.1, -0.05) is 6.07 Å². The van der Waals surface area contributed by atoms with Crippen LogP contribution in [0.4, 0.5) is 0 Å². The highest BCUT2D eigenvalue weighted by atomic mass is 35.5. The number of nitrogens with one attached hydrogen (secondary N) is 1. The lowest BCUT2D eigenvalue weighted by molar-refractivity contribution is 0.171. The largest absolute Gasteiger partial charge is 0.486 e. The Balaban J connectivity index is 0.00000144. The summed E-state index contributed by atoms with van der Waals surface area (Å²) in [5.41, 5.74) is 1.35. The Morgan fingerprint density at radius 2 is 1.76 bits per heavy atom. The van der Waals surface area contributed by atoms with Crippen molar-refractivity contribution in [3.63, 3.8) is 0 Å². The second-order valence-electron chi connectivity index (χ2n) is 5.08. The molecule has 1 heterocycles. The Labute approximate surface area is 109 Å². The maximum absolute atomic E-state index is 5.54. The van der Waals surface area contributed by atoms with Crippen LogP contribution < -0.4 is 14.8 Å². The van der Waals surface area contributed by atoms with E-state index in [0.29, 0.717) is 13.2 Å². The molecule has 1 N–H and O–H groups in total. The number of fused-ring (bicyclic) bond motifs is 1. The van der Waals surface area contributed by atoms with Gasteiger partial charge in [-0.2, -0.15) is 0 Å². The molecule has 0 saturated heterocycles. The van der Waals surface area contributed by atoms with Crippen molar-refractivity contribution < 1.29 is 9.47 Å². The first-order valence-corrected chi connectivity index (χ1v) is 5.68. The van der Waals surface area contributed by atoms with Crippen molar-refractivity contribution in [3.05, 3.63) is 23.8 Å². The molecule has 3 nitrogen and oxygen atoms in total. The summed E-state index contributed by atoms with van der Waals surface area (Å²) in [6.45, 7) is 8.61. The van der Waals surface area contributed by atoms with Crippen molar-refractivity contribution in [2.45, 2.75) is 32.9 Å². The average Bonchev–Trinajstić information content (AvgIpc) is 2.25. The first-order valence-electron chi connectivity index (χ1n) is 5.68. The molecule has 17 heavy (non-hydrogen) atoms. The van der Waals surface area contributed by atoms with Crippen molar-refractivity contribution >= 4 is 12.4 Å². The van der Waals surface area contributed by atoms with Gasteiger partial charge in [-0.25, -0.2) is 0 Å². The van der Waals surface area contributed by atoms with Crippen LogP contribution in [0.5, 0.6) is 11.5 Å². The fraction of sp³-hybridized carbons (Fsp3) is 0.538. The minimum atomic E-state index is 0. The van der Waals surface area contributed by atoms with Crippen LogP contribution in [0.25, 0.3) is 0 Å². The first kappa shape index (κ1) is 14.1. The lowest BCUT2D eigenvalue weighted by Crippen LogP contribution is -2.35. The molecule has 1 aromatic carbocycles. The lowest BCUT2D eigenvalue weighted by atomic mass is 10.1. The third-order valence-corrected chi connectivity index (χ3v) is 2.43. The van der Waals surface area contributed by atoms with Gasteiger partial charge in [0.2, 0.25) is 0 Å². The Bertz CT molecular complexity index is 374. The summed E-state index contributed by atoms with van der Waals surface area (Å²) in [6.07, 6.45) is 0. The molecule has 0 atom stereocenters. The van der Waals surface area contributed by atoms with E-state index >= 15 is 0 Å². The predicted molar refractivity (Wildman–Crippen MR) is 71.3 cm³/mol. The zero-order valence-corrected chi connectivity index (χ0v) is 11.4. The molecule has 96 valence electrons. The van der Waals surface area contributed by atoms with E-state index in [4.69, 9.17) is 9.47 Å². The van der Waals surface area contributed by atoms with Crippen molar-refractivity contribution in [2.24, 2.45) is 0 Å². The van der Waals surface area contributed by atoms with E-state index in [-0.39, 0.29) is 17.9 Å². The summed E-state index contributed by atoms with van der Waals surface area (Å²) in [7, 11) is 0. The van der Waals surface area contributed by atoms with Gasteiger partial charge in [0, 0.05) is 12.1 Å². The highest BCUT2D eigenvalue weighted by Crippen LogP contribution is 2.30. The van der Waals surface area contributed by atoms with Crippen LogP contribution in [0.3, 0.4) is 0 Å². The third kappa shape index (κ3) is 4.10. The van der Waals surface area contributed by atoms with Gasteiger partial charge in [0.05, 0.1) is 0 Å². The van der Waals surface area contributed by atoms with Gasteiger partial charge in [-0.15, -0.1) is 12.4 Å². The van der Waals surface area contributed by atoms with Gasteiger partial charge in [0.25, 0.3) is 0 Å². The van der Waals surface area contributed by atoms with Gasteiger partial charge < -0.3 is 14.8 Å². The zero-order chi connectivity index (χ0) is 11.6. The van der Waals surface area contributed by atoms with Crippen LogP contribution in [0, 0.1) is 0 Å². The topological polar surface area (TPSA) is 30.5 Å². The minimum Gasteiger partial charge on any atom is -0.486 e. The predicted octanol–water partition coefficient (Wildman–Crippen LogP) is 2.77. The van der Waals surface area contributed by atoms with Crippen molar-refractivity contribution in [2.75, 3.05) is 13.2 Å². The second kappa shape index (κ2) is 5.61. The number of benzene rings is 1. The van der Waals surface area contributed by atoms with Crippen LogP contribution in [-0.4, -0.2) is 18.8 Å². The number of halogens is 1. The van der Waals surface area contributed by atoms with E-state index in [1.54, 1.807) is 0 Å². The molecule has 0 saturated carbocycles. The summed E-state index contributed by atoms with van der Waals surface area (Å²) in [4.78, 5) is 0. The molecule has 0 unspecified atom stereocenters. The molecule has 0 fully saturated rings. The molecule has 4 heteroatoms. The van der Waals surface area contributed by atoms with E-state index in [1.165, 1.54) is 5.56 Å². The quantitative estimate of drug-likeness (QED) is 0.884. The standard InChI is InChI=1S/C13H19NO2.ClH/c1-13(2,3)14-9-10-4-5-11-12(8-10)16-7-6-15-11;/h4-5,8,14H,6-7,9H2,1-3H3;1H. The van der Waals surface area contributed by atoms with E-state index in [1.807, 2.05) is 12.1 Å². The minimum absolute atomic E-state index is 0. The summed E-state index contributed by atoms with van der Waals surface area (Å²) in [5.74, 6) is 1.71. The Morgan fingerprint density at radius 3 is 2.41 bits per heavy atom. The van der Waals surface area contributed by atoms with E-state index in [9.17, 15) is 0 Å². The van der Waals surface area contributed by atoms with Gasteiger partial charge in [0.1, 0.15) is 13.2 Å². The molecular formula is C13H20ClNO2. The van der Waals surface area contributed by atoms with Crippen molar-refractivity contribution in [1.82, 2.24) is 5.32 Å². The molecule has 0 bridgehead atoms. The SMILES string of the molecule is CC(C)(C)NCc1ccc2c(c1)OCCO2.Cl. The second-order valence-corrected chi connectivity index (χ2v) is 5.08. The summed E-state index contributed by atoms with van der Waals surface area (Å²) in [6, 6.07) is 6.10. The van der Waals surface area contributed by atoms with Crippen LogP contribution in [0.1, 0.15) is 26.3 Å². The summed E-state index contributed by atoms with van der Waals surface area (Å²) < 4.78 is 11.0. The number of hydrogen-bond acceptors (Lipinski definition) is 3. The van der Waals surface area contributed by atoms with E-state index in [2.05, 4.69) is 32.2 Å². The van der Waals surface area contributed by atoms with Crippen LogP contribution in [0.15, 0.2) is 18.2 Å². The Kier molecular flexibility index (Phi) is 4.66. The molecule has 1 aliphatic rings. The fourth-order valence-electron chi connectivity index (χ4n) is 1.56. The monoisotopic (exact) mass is 257 g/mol. The van der Waals surface area contributed by atoms with Crippen molar-refractivity contribution in [3.8, 4) is 11.5 Å². The normalized spacial score (nSPS) is 14.1. The van der Waals surface area contributed by atoms with Crippen LogP contribution in [-0.2, 0) is 6.54 Å². The molecule has 1 aromatic rings. The van der Waals surface area contributed by atoms with E-state index in [0.717, 1.165) is 18.0 Å². The molecule has 1 aliphatic heterocycles. The number of hydrogen-bond donors (Lipinski definition) is 1. The third-order valence-electron chi connectivity index (χ3n) is 2.43. The lowest BCUT2D eigenvalue weighted by Gasteiger charge is -2.22. The van der Waals surface area contributed by atoms with Gasteiger partial charge >= 0.3 is 0 Å². The highest BCUT2D eigenvalue weighted by molar-refractivity contribution is 5.85. The van der Waals surface area contributed by atoms with E-state index < -0.39 is 0 Å². The molecule has 2 rings (SSSR count). The van der Waals surface area contributed by atoms with Crippen molar-refractivity contribution in [1.29, 1.82) is 0 Å². The Hall–Kier alpha value is -0.930. The zero-order valence-electron chi connectivity index (χ0n) is 10.6. The van der Waals surface area contributed by atoms with Crippen LogP contribution >= 0.6 is 12.4 Å². The van der Waals surface area contributed by atoms with Gasteiger partial charge in [-0.3, -0.25) is 0 Å². The highest BCUT2D eigenvalue weighted by Gasteiger charge is 2.13. The molecule has 0 aromatic heterocycles. The smallest absolute Gasteiger partial charge is 0.161 e. The molecule has 0 aliphatic carbocycles. The molecular weight excluding hydrogens is 238 g/mol. The van der Waals surface area contributed by atoms with Crippen LogP contribution in [0.2, 0.25) is 0 Å². The van der Waals surface area contributed by atoms with Gasteiger partial charge in [0.15, 0.2) is 11.5 Å². The number of ether oxygens (including phenoxy) is 2. The molecule has 0 radical (unpaired) electrons. The summed E-state index contributed by atoms with van der Waals surface area (Å²) >= 11 is 0. The first-order chi connectivity index (χ1) is 7.54. The maximum atomic E-state index is 5.54. The summed E-state index contributed by atoms with van der Waals surface area (Å²) in [5, 5.41) is 3.45. The number of rotatable bonds is 2. The molecule has 0 amide bonds. The Morgan fingerprint density at radius 1 is 1.12 bits per heavy atom. The molecule has 0 spiro atoms. The van der Waals surface area contributed by atoms with Gasteiger partial charge in [-0.05, 0) is 38.5 Å². The average molecular weight is 258 g/mol. The fourth-order valence-corrected chi connectivity index (χ4v) is 1.56. The maximum Gasteiger partial charge on any atom is 0.161 e.